The summed E-state index contributed by atoms with van der Waals surface area (Å²) in [4.78, 5) is 0. The Morgan fingerprint density at radius 3 is 2.62 bits per heavy atom. The first-order chi connectivity index (χ1) is 7.79. The van der Waals surface area contributed by atoms with E-state index in [1.54, 1.807) is 0 Å². The van der Waals surface area contributed by atoms with Gasteiger partial charge in [0.1, 0.15) is 0 Å². The van der Waals surface area contributed by atoms with Crippen LogP contribution in [0.2, 0.25) is 0 Å². The summed E-state index contributed by atoms with van der Waals surface area (Å²) in [6.07, 6.45) is 5.02. The van der Waals surface area contributed by atoms with Crippen molar-refractivity contribution in [3.8, 4) is 0 Å². The lowest BCUT2D eigenvalue weighted by molar-refractivity contribution is 0.740. The number of aryl methyl sites for hydroxylation is 1. The highest BCUT2D eigenvalue weighted by atomic mass is 15.2. The summed E-state index contributed by atoms with van der Waals surface area (Å²) in [6.45, 7) is 2.17. The zero-order valence-electron chi connectivity index (χ0n) is 9.72. The average molecular weight is 215 g/mol. The zero-order chi connectivity index (χ0) is 11.4. The van der Waals surface area contributed by atoms with E-state index < -0.39 is 0 Å². The highest BCUT2D eigenvalue weighted by Crippen LogP contribution is 2.21. The summed E-state index contributed by atoms with van der Waals surface area (Å²) in [5.41, 5.74) is 2.38. The molecule has 3 heteroatoms. The lowest BCUT2D eigenvalue weighted by Gasteiger charge is -2.16. The van der Waals surface area contributed by atoms with E-state index in [9.17, 15) is 0 Å². The second-order valence-corrected chi connectivity index (χ2v) is 3.92. The van der Waals surface area contributed by atoms with Crippen molar-refractivity contribution in [2.45, 2.75) is 19.4 Å². The van der Waals surface area contributed by atoms with Crippen LogP contribution in [-0.4, -0.2) is 9.78 Å². The lowest BCUT2D eigenvalue weighted by Crippen LogP contribution is -2.08. The van der Waals surface area contributed by atoms with E-state index in [2.05, 4.69) is 35.7 Å². The van der Waals surface area contributed by atoms with Crippen LogP contribution in [-0.2, 0) is 7.05 Å². The van der Waals surface area contributed by atoms with Crippen LogP contribution < -0.4 is 5.32 Å². The average Bonchev–Trinajstić information content (AvgIpc) is 2.74. The van der Waals surface area contributed by atoms with Gasteiger partial charge in [-0.2, -0.15) is 5.10 Å². The van der Waals surface area contributed by atoms with Crippen LogP contribution in [0.15, 0.2) is 42.7 Å². The molecule has 1 N–H and O–H groups in total. The van der Waals surface area contributed by atoms with Crippen LogP contribution in [0.1, 0.15) is 24.9 Å². The van der Waals surface area contributed by atoms with Crippen LogP contribution in [0.25, 0.3) is 0 Å². The standard InChI is InChI=1S/C13H17N3/c1-3-13(11-9-14-16(2)10-11)15-12-7-5-4-6-8-12/h4-10,13,15H,3H2,1-2H3. The first kappa shape index (κ1) is 10.7. The highest BCUT2D eigenvalue weighted by Gasteiger charge is 2.10. The maximum Gasteiger partial charge on any atom is 0.0542 e. The number of benzene rings is 1. The van der Waals surface area contributed by atoms with Gasteiger partial charge in [-0.3, -0.25) is 4.68 Å². The van der Waals surface area contributed by atoms with Gasteiger partial charge in [-0.05, 0) is 18.6 Å². The Morgan fingerprint density at radius 1 is 1.31 bits per heavy atom. The SMILES string of the molecule is CCC(Nc1ccccc1)c1cnn(C)c1. The van der Waals surface area contributed by atoms with Crippen molar-refractivity contribution in [3.63, 3.8) is 0 Å². The van der Waals surface area contributed by atoms with Crippen molar-refractivity contribution >= 4 is 5.69 Å². The van der Waals surface area contributed by atoms with Crippen molar-refractivity contribution < 1.29 is 0 Å². The third-order valence-corrected chi connectivity index (χ3v) is 2.65. The number of nitrogens with zero attached hydrogens (tertiary/aromatic N) is 2. The van der Waals surface area contributed by atoms with Gasteiger partial charge in [-0.25, -0.2) is 0 Å². The summed E-state index contributed by atoms with van der Waals surface area (Å²) in [5, 5.41) is 7.71. The number of nitrogens with one attached hydrogen (secondary N) is 1. The molecule has 1 atom stereocenters. The molecule has 16 heavy (non-hydrogen) atoms. The van der Waals surface area contributed by atoms with E-state index in [4.69, 9.17) is 0 Å². The number of rotatable bonds is 4. The van der Waals surface area contributed by atoms with Crippen LogP contribution in [0.3, 0.4) is 0 Å². The number of hydrogen-bond donors (Lipinski definition) is 1. The van der Waals surface area contributed by atoms with Gasteiger partial charge in [0.2, 0.25) is 0 Å². The van der Waals surface area contributed by atoms with Gasteiger partial charge in [0.25, 0.3) is 0 Å². The van der Waals surface area contributed by atoms with Crippen LogP contribution in [0.4, 0.5) is 5.69 Å². The third kappa shape index (κ3) is 2.42. The molecule has 0 fully saturated rings. The van der Waals surface area contributed by atoms with Crippen LogP contribution in [0, 0.1) is 0 Å². The smallest absolute Gasteiger partial charge is 0.0542 e. The monoisotopic (exact) mass is 215 g/mol. The van der Waals surface area contributed by atoms with Crippen molar-refractivity contribution in [1.82, 2.24) is 9.78 Å². The first-order valence-electron chi connectivity index (χ1n) is 5.59. The Hall–Kier alpha value is -1.77. The second-order valence-electron chi connectivity index (χ2n) is 3.92. The summed E-state index contributed by atoms with van der Waals surface area (Å²) in [6, 6.07) is 10.6. The molecule has 2 rings (SSSR count). The third-order valence-electron chi connectivity index (χ3n) is 2.65. The molecule has 0 aliphatic heterocycles. The van der Waals surface area contributed by atoms with Gasteiger partial charge in [-0.15, -0.1) is 0 Å². The Kier molecular flexibility index (Phi) is 3.25. The predicted molar refractivity (Wildman–Crippen MR) is 66.3 cm³/mol. The van der Waals surface area contributed by atoms with Crippen molar-refractivity contribution in [1.29, 1.82) is 0 Å². The molecule has 1 aromatic heterocycles. The molecule has 1 aromatic carbocycles. The normalized spacial score (nSPS) is 12.4. The molecule has 3 nitrogen and oxygen atoms in total. The molecule has 2 aromatic rings. The summed E-state index contributed by atoms with van der Waals surface area (Å²) >= 11 is 0. The topological polar surface area (TPSA) is 29.9 Å². The van der Waals surface area contributed by atoms with E-state index in [1.807, 2.05) is 36.1 Å². The molecule has 0 aliphatic rings. The fourth-order valence-electron chi connectivity index (χ4n) is 1.78. The fourth-order valence-corrected chi connectivity index (χ4v) is 1.78. The zero-order valence-corrected chi connectivity index (χ0v) is 9.72. The number of para-hydroxylation sites is 1. The Balaban J connectivity index is 2.12. The molecule has 0 bridgehead atoms. The van der Waals surface area contributed by atoms with Gasteiger partial charge >= 0.3 is 0 Å². The molecule has 0 saturated carbocycles. The maximum absolute atomic E-state index is 4.20. The Labute approximate surface area is 96.1 Å². The summed E-state index contributed by atoms with van der Waals surface area (Å²) in [7, 11) is 1.94. The van der Waals surface area contributed by atoms with Crippen LogP contribution >= 0.6 is 0 Å². The summed E-state index contributed by atoms with van der Waals surface area (Å²) < 4.78 is 1.84. The van der Waals surface area contributed by atoms with Gasteiger partial charge in [0.15, 0.2) is 0 Å². The molecule has 1 unspecified atom stereocenters. The predicted octanol–water partition coefficient (Wildman–Crippen LogP) is 2.98. The number of hydrogen-bond acceptors (Lipinski definition) is 2. The Morgan fingerprint density at radius 2 is 2.06 bits per heavy atom. The second kappa shape index (κ2) is 4.84. The maximum atomic E-state index is 4.20. The highest BCUT2D eigenvalue weighted by molar-refractivity contribution is 5.44. The van der Waals surface area contributed by atoms with Gasteiger partial charge in [-0.1, -0.05) is 25.1 Å². The fraction of sp³-hybridized carbons (Fsp3) is 0.308. The first-order valence-corrected chi connectivity index (χ1v) is 5.59. The van der Waals surface area contributed by atoms with Gasteiger partial charge in [0.05, 0.1) is 12.2 Å². The molecule has 1 heterocycles. The van der Waals surface area contributed by atoms with Crippen molar-refractivity contribution in [2.75, 3.05) is 5.32 Å². The molecule has 0 amide bonds. The van der Waals surface area contributed by atoms with E-state index >= 15 is 0 Å². The molecule has 0 saturated heterocycles. The molecule has 84 valence electrons. The molecule has 0 radical (unpaired) electrons. The quantitative estimate of drug-likeness (QED) is 0.849. The molecule has 0 aliphatic carbocycles. The van der Waals surface area contributed by atoms with E-state index in [-0.39, 0.29) is 0 Å². The minimum Gasteiger partial charge on any atom is -0.378 e. The van der Waals surface area contributed by atoms with E-state index in [0.29, 0.717) is 6.04 Å². The molecular formula is C13H17N3. The minimum atomic E-state index is 0.330. The molecular weight excluding hydrogens is 198 g/mol. The van der Waals surface area contributed by atoms with E-state index in [1.165, 1.54) is 5.56 Å². The van der Waals surface area contributed by atoms with Crippen molar-refractivity contribution in [2.24, 2.45) is 7.05 Å². The summed E-state index contributed by atoms with van der Waals surface area (Å²) in [5.74, 6) is 0. The Bertz CT molecular complexity index is 433. The van der Waals surface area contributed by atoms with Gasteiger partial charge < -0.3 is 5.32 Å². The van der Waals surface area contributed by atoms with E-state index in [0.717, 1.165) is 12.1 Å². The lowest BCUT2D eigenvalue weighted by atomic mass is 10.1. The van der Waals surface area contributed by atoms with Crippen LogP contribution in [0.5, 0.6) is 0 Å². The minimum absolute atomic E-state index is 0.330. The number of anilines is 1. The van der Waals surface area contributed by atoms with Crippen molar-refractivity contribution in [3.05, 3.63) is 48.3 Å². The van der Waals surface area contributed by atoms with Gasteiger partial charge in [0, 0.05) is 24.5 Å². The number of aromatic nitrogens is 2. The molecule has 0 spiro atoms. The largest absolute Gasteiger partial charge is 0.378 e.